The Bertz CT molecular complexity index is 408. The van der Waals surface area contributed by atoms with Crippen LogP contribution in [0.15, 0.2) is 0 Å². The van der Waals surface area contributed by atoms with Crippen LogP contribution in [0.3, 0.4) is 0 Å². The zero-order valence-corrected chi connectivity index (χ0v) is 5.33. The van der Waals surface area contributed by atoms with Crippen molar-refractivity contribution < 1.29 is 4.74 Å². The highest BCUT2D eigenvalue weighted by molar-refractivity contribution is 5.67. The van der Waals surface area contributed by atoms with Gasteiger partial charge in [-0.2, -0.15) is 15.0 Å². The van der Waals surface area contributed by atoms with Crippen molar-refractivity contribution in [2.24, 2.45) is 0 Å². The molecular weight excluding hydrogens is 146 g/mol. The van der Waals surface area contributed by atoms with Crippen LogP contribution in [0.1, 0.15) is 0 Å². The molecule has 0 fully saturated rings. The average Bonchev–Trinajstić information content (AvgIpc) is 2.19. The first-order chi connectivity index (χ1) is 5.33. The molecule has 0 aromatic heterocycles. The highest BCUT2D eigenvalue weighted by Gasteiger charge is 2.24. The summed E-state index contributed by atoms with van der Waals surface area (Å²) < 4.78 is 5.02. The first kappa shape index (κ1) is 4.89. The molecule has 0 saturated carbocycles. The Morgan fingerprint density at radius 1 is 1.27 bits per heavy atom. The number of aromatic nitrogens is 4. The zero-order valence-electron chi connectivity index (χ0n) is 5.33. The van der Waals surface area contributed by atoms with E-state index in [9.17, 15) is 0 Å². The molecule has 0 unspecified atom stereocenters. The third-order valence-corrected chi connectivity index (χ3v) is 1.51. The van der Waals surface area contributed by atoms with Crippen LogP contribution in [0.5, 0.6) is 12.0 Å². The minimum Gasteiger partial charge on any atom is -0.390 e. The molecule has 11 heavy (non-hydrogen) atoms. The first-order valence-corrected chi connectivity index (χ1v) is 3.04. The number of fused-ring (bicyclic) bond motifs is 2. The van der Waals surface area contributed by atoms with Gasteiger partial charge >= 0.3 is 12.0 Å². The number of H-pyrrole nitrogens is 1. The van der Waals surface area contributed by atoms with Gasteiger partial charge in [0.2, 0.25) is 0 Å². The number of anilines is 1. The van der Waals surface area contributed by atoms with E-state index in [1.54, 1.807) is 0 Å². The zero-order chi connectivity index (χ0) is 7.42. The molecule has 3 bridgehead atoms. The van der Waals surface area contributed by atoms with Crippen molar-refractivity contribution >= 4 is 5.82 Å². The van der Waals surface area contributed by atoms with E-state index in [4.69, 9.17) is 10.5 Å². The number of hydrogen-bond acceptors (Lipinski definition) is 5. The maximum absolute atomic E-state index is 5.56. The SMILES string of the molecule is Nc1[nH]c2nc3nc(nc1-3)O2. The molecule has 3 heterocycles. The molecule has 0 aliphatic carbocycles. The number of ether oxygens (including phenoxy) is 1. The van der Waals surface area contributed by atoms with Crippen LogP contribution in [-0.2, 0) is 0 Å². The summed E-state index contributed by atoms with van der Waals surface area (Å²) in [6.45, 7) is 0. The minimum absolute atomic E-state index is 0.313. The van der Waals surface area contributed by atoms with Crippen LogP contribution in [0.2, 0.25) is 0 Å². The fourth-order valence-electron chi connectivity index (χ4n) is 1.05. The van der Waals surface area contributed by atoms with Crippen LogP contribution >= 0.6 is 0 Å². The monoisotopic (exact) mass is 149 g/mol. The van der Waals surface area contributed by atoms with E-state index in [1.807, 2.05) is 0 Å². The quantitative estimate of drug-likeness (QED) is 0.469. The van der Waals surface area contributed by atoms with Gasteiger partial charge in [-0.1, -0.05) is 0 Å². The summed E-state index contributed by atoms with van der Waals surface area (Å²) in [4.78, 5) is 14.5. The Morgan fingerprint density at radius 2 is 2.18 bits per heavy atom. The summed E-state index contributed by atoms with van der Waals surface area (Å²) in [5.41, 5.74) is 6.13. The predicted molar refractivity (Wildman–Crippen MR) is 35.3 cm³/mol. The smallest absolute Gasteiger partial charge is 0.327 e. The summed E-state index contributed by atoms with van der Waals surface area (Å²) in [5, 5.41) is 0. The van der Waals surface area contributed by atoms with Gasteiger partial charge in [-0.25, -0.2) is 0 Å². The van der Waals surface area contributed by atoms with Crippen LogP contribution in [0.25, 0.3) is 11.5 Å². The van der Waals surface area contributed by atoms with Crippen LogP contribution in [-0.4, -0.2) is 19.9 Å². The van der Waals surface area contributed by atoms with Crippen molar-refractivity contribution in [1.82, 2.24) is 19.9 Å². The maximum atomic E-state index is 5.56. The summed E-state index contributed by atoms with van der Waals surface area (Å²) in [6, 6.07) is 0.667. The average molecular weight is 149 g/mol. The lowest BCUT2D eigenvalue weighted by Crippen LogP contribution is -2.01. The number of hydrogen-bond donors (Lipinski definition) is 2. The summed E-state index contributed by atoms with van der Waals surface area (Å²) in [6.07, 6.45) is 0. The van der Waals surface area contributed by atoms with Crippen molar-refractivity contribution in [3.63, 3.8) is 0 Å². The molecule has 3 N–H and O–H groups in total. The molecule has 0 radical (unpaired) electrons. The van der Waals surface area contributed by atoms with Gasteiger partial charge in [0.1, 0.15) is 5.82 Å². The Kier molecular flexibility index (Phi) is 0.562. The third kappa shape index (κ3) is 0.451. The van der Waals surface area contributed by atoms with Crippen molar-refractivity contribution in [3.8, 4) is 23.5 Å². The van der Waals surface area contributed by atoms with Crippen molar-refractivity contribution in [2.45, 2.75) is 0 Å². The highest BCUT2D eigenvalue weighted by atomic mass is 16.5. The molecule has 0 atom stereocenters. The fraction of sp³-hybridized carbons (Fsp3) is 0. The number of rotatable bonds is 0. The lowest BCUT2D eigenvalue weighted by atomic mass is 10.4. The molecule has 3 aliphatic rings. The van der Waals surface area contributed by atoms with Crippen molar-refractivity contribution in [1.29, 1.82) is 0 Å². The lowest BCUT2D eigenvalue weighted by molar-refractivity contribution is 0.408. The molecule has 0 saturated heterocycles. The molecule has 0 amide bonds. The maximum Gasteiger partial charge on any atom is 0.327 e. The Balaban J connectivity index is 2.57. The molecule has 0 aromatic rings. The number of nitrogens with two attached hydrogens (primary N) is 1. The van der Waals surface area contributed by atoms with Gasteiger partial charge in [-0.3, -0.25) is 4.98 Å². The second kappa shape index (κ2) is 1.26. The van der Waals surface area contributed by atoms with Gasteiger partial charge in [0, 0.05) is 0 Å². The van der Waals surface area contributed by atoms with E-state index in [-0.39, 0.29) is 0 Å². The number of aromatic amines is 1. The van der Waals surface area contributed by atoms with E-state index in [2.05, 4.69) is 19.9 Å². The minimum atomic E-state index is 0.313. The predicted octanol–water partition coefficient (Wildman–Crippen LogP) is -0.00760. The van der Waals surface area contributed by atoms with E-state index < -0.39 is 0 Å². The van der Waals surface area contributed by atoms with Gasteiger partial charge in [0.25, 0.3) is 0 Å². The third-order valence-electron chi connectivity index (χ3n) is 1.51. The van der Waals surface area contributed by atoms with E-state index in [1.165, 1.54) is 0 Å². The Hall–Kier alpha value is -1.85. The summed E-state index contributed by atoms with van der Waals surface area (Å²) >= 11 is 0. The summed E-state index contributed by atoms with van der Waals surface area (Å²) in [7, 11) is 0. The topological polar surface area (TPSA) is 89.7 Å². The van der Waals surface area contributed by atoms with Gasteiger partial charge in [0.05, 0.1) is 0 Å². The van der Waals surface area contributed by atoms with Gasteiger partial charge in [0.15, 0.2) is 11.5 Å². The molecule has 3 aliphatic heterocycles. The molecule has 0 spiro atoms. The number of nitrogens with zero attached hydrogens (tertiary/aromatic N) is 3. The van der Waals surface area contributed by atoms with Gasteiger partial charge < -0.3 is 10.5 Å². The molecular formula is C5H3N5O. The Morgan fingerprint density at radius 3 is 3.09 bits per heavy atom. The number of imidazole rings is 1. The van der Waals surface area contributed by atoms with Gasteiger partial charge in [-0.05, 0) is 0 Å². The molecule has 6 nitrogen and oxygen atoms in total. The van der Waals surface area contributed by atoms with E-state index >= 15 is 0 Å². The molecule has 0 aromatic carbocycles. The largest absolute Gasteiger partial charge is 0.390 e. The highest BCUT2D eigenvalue weighted by Crippen LogP contribution is 2.32. The summed E-state index contributed by atoms with van der Waals surface area (Å²) in [5.74, 6) is 0.985. The first-order valence-electron chi connectivity index (χ1n) is 3.04. The standard InChI is InChI=1S/C5H3N5O/c6-2-1-3-9-4(7-1)11-5(8-2)10-3/h(H3,6,7,8,9,10). The second-order valence-corrected chi connectivity index (χ2v) is 2.24. The van der Waals surface area contributed by atoms with Crippen LogP contribution < -0.4 is 10.5 Å². The second-order valence-electron chi connectivity index (χ2n) is 2.24. The van der Waals surface area contributed by atoms with E-state index in [0.717, 1.165) is 0 Å². The number of nitrogen functional groups attached to an aromatic ring is 1. The van der Waals surface area contributed by atoms with Crippen LogP contribution in [0.4, 0.5) is 5.82 Å². The normalized spacial score (nSPS) is 12.7. The Labute approximate surface area is 60.8 Å². The van der Waals surface area contributed by atoms with Gasteiger partial charge in [-0.15, -0.1) is 0 Å². The lowest BCUT2D eigenvalue weighted by Gasteiger charge is -2.04. The number of nitrogens with one attached hydrogen (secondary N) is 1. The van der Waals surface area contributed by atoms with Crippen molar-refractivity contribution in [3.05, 3.63) is 0 Å². The van der Waals surface area contributed by atoms with Crippen molar-refractivity contribution in [2.75, 3.05) is 5.73 Å². The van der Waals surface area contributed by atoms with E-state index in [0.29, 0.717) is 29.4 Å². The fourth-order valence-corrected chi connectivity index (χ4v) is 1.05. The molecule has 54 valence electrons. The molecule has 3 rings (SSSR count). The molecule has 6 heteroatoms. The van der Waals surface area contributed by atoms with Crippen LogP contribution in [0, 0.1) is 0 Å².